The Bertz CT molecular complexity index is 2300. The average molecular weight is 816 g/mol. The van der Waals surface area contributed by atoms with Gasteiger partial charge in [-0.25, -0.2) is 4.99 Å². The first kappa shape index (κ1) is 46.2. The third-order valence-electron chi connectivity index (χ3n) is 8.99. The Kier molecular flexibility index (Phi) is 19.0. The monoisotopic (exact) mass is 815 g/mol. The van der Waals surface area contributed by atoms with Crippen LogP contribution in [0.1, 0.15) is 44.4 Å². The maximum absolute atomic E-state index is 5.66. The lowest BCUT2D eigenvalue weighted by atomic mass is 10.2. The lowest BCUT2D eigenvalue weighted by molar-refractivity contribution is 0.415. The number of methoxy groups -OCH3 is 1. The van der Waals surface area contributed by atoms with Crippen molar-refractivity contribution in [1.82, 2.24) is 5.43 Å². The molecule has 0 radical (unpaired) electrons. The van der Waals surface area contributed by atoms with Crippen molar-refractivity contribution >= 4 is 63.5 Å². The number of hydrogen-bond donors (Lipinski definition) is 5. The fourth-order valence-corrected chi connectivity index (χ4v) is 5.84. The number of anilines is 7. The number of aliphatic imine (C=N–C) groups is 1. The second-order valence-corrected chi connectivity index (χ2v) is 14.0. The zero-order valence-electron chi connectivity index (χ0n) is 36.7. The first-order chi connectivity index (χ1) is 29.6. The van der Waals surface area contributed by atoms with Gasteiger partial charge < -0.3 is 26.4 Å². The van der Waals surface area contributed by atoms with Crippen molar-refractivity contribution in [3.63, 3.8) is 0 Å². The molecule has 6 aromatic rings. The Morgan fingerprint density at radius 1 is 0.672 bits per heavy atom. The summed E-state index contributed by atoms with van der Waals surface area (Å²) in [5, 5.41) is 18.2. The first-order valence-corrected chi connectivity index (χ1v) is 20.2. The third kappa shape index (κ3) is 16.4. The smallest absolute Gasteiger partial charge is 0.119 e. The Labute approximate surface area is 363 Å². The number of hydrazone groups is 1. The molecule has 0 unspecified atom stereocenters. The van der Waals surface area contributed by atoms with E-state index in [4.69, 9.17) is 10.5 Å². The number of nitrogen functional groups attached to an aromatic ring is 1. The van der Waals surface area contributed by atoms with Crippen LogP contribution in [0, 0.1) is 0 Å². The molecule has 6 rings (SSSR count). The summed E-state index contributed by atoms with van der Waals surface area (Å²) in [5.74, 6) is 1.63. The number of ether oxygens (including phenoxy) is 1. The molecule has 0 fully saturated rings. The molecule has 0 saturated heterocycles. The Morgan fingerprint density at radius 2 is 1.25 bits per heavy atom. The van der Waals surface area contributed by atoms with Crippen molar-refractivity contribution in [2.24, 2.45) is 10.1 Å². The quantitative estimate of drug-likeness (QED) is 0.0320. The topological polar surface area (TPSA) is 115 Å². The maximum atomic E-state index is 5.66. The Morgan fingerprint density at radius 3 is 1.85 bits per heavy atom. The van der Waals surface area contributed by atoms with Gasteiger partial charge in [-0.15, -0.1) is 0 Å². The normalized spacial score (nSPS) is 10.7. The van der Waals surface area contributed by atoms with E-state index in [1.807, 2.05) is 180 Å². The van der Waals surface area contributed by atoms with Crippen LogP contribution < -0.4 is 41.9 Å². The van der Waals surface area contributed by atoms with Gasteiger partial charge in [0.2, 0.25) is 0 Å². The molecule has 0 saturated carbocycles. The largest absolute Gasteiger partial charge is 0.497 e. The molecule has 0 heterocycles. The molecule has 316 valence electrons. The zero-order chi connectivity index (χ0) is 43.8. The standard InChI is InChI=1S/C25H29N5O.C17H21N3.C9H11N/c1-19(27-18-17-20-7-5-6-8-25(20)26-2)29-30(3)23-13-9-21(10-14-23)28-22-11-15-24(31-4)16-12-22;1-14(2)19-20(3)17-11-9-16(10-12-17)18-13-15-7-5-4-6-8-15;1-2-5-8-6-3-4-7-9(8)10/h5-18,26,28H,1-4H3,(H,27,29);4-12,18H,13H2,1-3H3;2-7H,10H2,1H3/b18-17-;;5-2-. The van der Waals surface area contributed by atoms with Crippen molar-refractivity contribution < 1.29 is 4.74 Å². The van der Waals surface area contributed by atoms with E-state index in [0.29, 0.717) is 0 Å². The van der Waals surface area contributed by atoms with E-state index in [0.717, 1.165) is 74.8 Å². The molecule has 0 bridgehead atoms. The minimum absolute atomic E-state index is 0.793. The number of para-hydroxylation sites is 2. The molecular formula is C51H61N9O. The first-order valence-electron chi connectivity index (χ1n) is 20.2. The summed E-state index contributed by atoms with van der Waals surface area (Å²) >= 11 is 0. The van der Waals surface area contributed by atoms with Gasteiger partial charge in [0.1, 0.15) is 11.6 Å². The van der Waals surface area contributed by atoms with Crippen molar-refractivity contribution in [2.45, 2.75) is 34.2 Å². The van der Waals surface area contributed by atoms with Crippen LogP contribution >= 0.6 is 0 Å². The minimum Gasteiger partial charge on any atom is -0.497 e. The highest BCUT2D eigenvalue weighted by molar-refractivity contribution is 5.82. The molecule has 0 spiro atoms. The molecule has 61 heavy (non-hydrogen) atoms. The average Bonchev–Trinajstić information content (AvgIpc) is 3.28. The minimum atomic E-state index is 0.793. The Hall–Kier alpha value is -7.46. The highest BCUT2D eigenvalue weighted by Gasteiger charge is 2.03. The number of amidine groups is 1. The van der Waals surface area contributed by atoms with Gasteiger partial charge in [0.25, 0.3) is 0 Å². The van der Waals surface area contributed by atoms with Crippen LogP contribution in [-0.4, -0.2) is 39.8 Å². The summed E-state index contributed by atoms with van der Waals surface area (Å²) < 4.78 is 5.19. The van der Waals surface area contributed by atoms with E-state index in [1.165, 1.54) is 5.56 Å². The highest BCUT2D eigenvalue weighted by atomic mass is 16.5. The van der Waals surface area contributed by atoms with Crippen LogP contribution in [0.5, 0.6) is 5.75 Å². The van der Waals surface area contributed by atoms with E-state index < -0.39 is 0 Å². The number of nitrogens with one attached hydrogen (secondary N) is 4. The number of hydrogen-bond acceptors (Lipinski definition) is 9. The zero-order valence-corrected chi connectivity index (χ0v) is 36.7. The van der Waals surface area contributed by atoms with Gasteiger partial charge in [-0.1, -0.05) is 78.9 Å². The second-order valence-electron chi connectivity index (χ2n) is 14.0. The molecular weight excluding hydrogens is 755 g/mol. The van der Waals surface area contributed by atoms with Crippen LogP contribution in [0.2, 0.25) is 0 Å². The number of rotatable bonds is 14. The van der Waals surface area contributed by atoms with E-state index in [1.54, 1.807) is 13.3 Å². The maximum Gasteiger partial charge on any atom is 0.119 e. The molecule has 0 aromatic heterocycles. The highest BCUT2D eigenvalue weighted by Crippen LogP contribution is 2.23. The summed E-state index contributed by atoms with van der Waals surface area (Å²) in [6.07, 6.45) is 7.76. The van der Waals surface area contributed by atoms with Gasteiger partial charge in [0.05, 0.1) is 18.5 Å². The van der Waals surface area contributed by atoms with Crippen LogP contribution in [0.25, 0.3) is 12.2 Å². The van der Waals surface area contributed by atoms with Gasteiger partial charge in [0.15, 0.2) is 0 Å². The third-order valence-corrected chi connectivity index (χ3v) is 8.99. The summed E-state index contributed by atoms with van der Waals surface area (Å²) in [6.45, 7) is 8.73. The number of benzene rings is 6. The number of allylic oxidation sites excluding steroid dienone is 1. The summed E-state index contributed by atoms with van der Waals surface area (Å²) in [4.78, 5) is 4.48. The van der Waals surface area contributed by atoms with E-state index in [2.05, 4.69) is 80.0 Å². The molecule has 0 aliphatic rings. The van der Waals surface area contributed by atoms with Crippen molar-refractivity contribution in [3.05, 3.63) is 181 Å². The van der Waals surface area contributed by atoms with Gasteiger partial charge >= 0.3 is 0 Å². The molecule has 10 nitrogen and oxygen atoms in total. The van der Waals surface area contributed by atoms with E-state index >= 15 is 0 Å². The molecule has 0 aliphatic heterocycles. The number of nitrogens with two attached hydrogens (primary N) is 1. The van der Waals surface area contributed by atoms with Crippen LogP contribution in [0.4, 0.5) is 39.8 Å². The molecule has 6 N–H and O–H groups in total. The fraction of sp³-hybridized carbons (Fsp3) is 0.176. The van der Waals surface area contributed by atoms with E-state index in [-0.39, 0.29) is 0 Å². The van der Waals surface area contributed by atoms with Gasteiger partial charge in [0, 0.05) is 68.0 Å². The van der Waals surface area contributed by atoms with Crippen LogP contribution in [0.3, 0.4) is 0 Å². The lowest BCUT2D eigenvalue weighted by Gasteiger charge is -2.21. The molecule has 0 aliphatic carbocycles. The van der Waals surface area contributed by atoms with Crippen molar-refractivity contribution in [1.29, 1.82) is 0 Å². The predicted octanol–water partition coefficient (Wildman–Crippen LogP) is 11.9. The lowest BCUT2D eigenvalue weighted by Crippen LogP contribution is -2.37. The van der Waals surface area contributed by atoms with Gasteiger partial charge in [-0.3, -0.25) is 15.4 Å². The summed E-state index contributed by atoms with van der Waals surface area (Å²) in [7, 11) is 7.50. The number of hydrazine groups is 1. The van der Waals surface area contributed by atoms with Crippen LogP contribution in [0.15, 0.2) is 174 Å². The summed E-state index contributed by atoms with van der Waals surface area (Å²) in [6, 6.07) is 50.6. The van der Waals surface area contributed by atoms with E-state index in [9.17, 15) is 0 Å². The molecule has 0 amide bonds. The van der Waals surface area contributed by atoms with Gasteiger partial charge in [-0.05, 0) is 135 Å². The summed E-state index contributed by atoms with van der Waals surface area (Å²) in [5.41, 5.74) is 20.6. The fourth-order valence-electron chi connectivity index (χ4n) is 5.84. The van der Waals surface area contributed by atoms with Crippen LogP contribution in [-0.2, 0) is 6.54 Å². The van der Waals surface area contributed by atoms with Crippen molar-refractivity contribution in [2.75, 3.05) is 60.0 Å². The molecule has 6 aromatic carbocycles. The predicted molar refractivity (Wildman–Crippen MR) is 265 cm³/mol. The molecule has 10 heteroatoms. The SMILES string of the molecule is C/C=C\c1ccccc1N.CC(C)=NN(C)c1ccc(NCc2ccccc2)cc1.CNc1ccccc1/C=C\N=C(C)NN(C)c1ccc(Nc2ccc(OC)cc2)cc1. The van der Waals surface area contributed by atoms with Gasteiger partial charge in [-0.2, -0.15) is 5.10 Å². The second kappa shape index (κ2) is 25.1. The van der Waals surface area contributed by atoms with Crippen molar-refractivity contribution in [3.8, 4) is 5.75 Å². The Balaban J connectivity index is 0.000000231. The molecule has 0 atom stereocenters. The number of nitrogens with zero attached hydrogens (tertiary/aromatic N) is 4.